The van der Waals surface area contributed by atoms with Crippen molar-refractivity contribution in [1.82, 2.24) is 19.2 Å². The molecule has 1 saturated heterocycles. The fourth-order valence-corrected chi connectivity index (χ4v) is 4.58. The Labute approximate surface area is 178 Å². The molecule has 0 bridgehead atoms. The van der Waals surface area contributed by atoms with Gasteiger partial charge < -0.3 is 4.90 Å². The van der Waals surface area contributed by atoms with Gasteiger partial charge in [-0.1, -0.05) is 23.7 Å². The molecule has 1 aliphatic rings. The zero-order chi connectivity index (χ0) is 21.5. The highest BCUT2D eigenvalue weighted by molar-refractivity contribution is 7.90. The van der Waals surface area contributed by atoms with E-state index in [1.54, 1.807) is 35.4 Å². The van der Waals surface area contributed by atoms with Crippen LogP contribution in [0.5, 0.6) is 0 Å². The van der Waals surface area contributed by atoms with E-state index in [1.165, 1.54) is 16.5 Å². The van der Waals surface area contributed by atoms with Crippen LogP contribution in [0.3, 0.4) is 0 Å². The first-order chi connectivity index (χ1) is 14.2. The molecule has 1 fully saturated rings. The van der Waals surface area contributed by atoms with E-state index in [9.17, 15) is 17.6 Å². The molecule has 10 heteroatoms. The van der Waals surface area contributed by atoms with Gasteiger partial charge in [0, 0.05) is 50.2 Å². The summed E-state index contributed by atoms with van der Waals surface area (Å²) in [6, 6.07) is 9.45. The van der Waals surface area contributed by atoms with Crippen LogP contribution in [0, 0.1) is 5.82 Å². The maximum Gasteiger partial charge on any atom is 0.274 e. The number of benzene rings is 1. The van der Waals surface area contributed by atoms with E-state index in [-0.39, 0.29) is 22.6 Å². The van der Waals surface area contributed by atoms with Crippen molar-refractivity contribution < 1.29 is 17.6 Å². The highest BCUT2D eigenvalue weighted by Gasteiger charge is 2.28. The number of nitrogens with zero attached hydrogens (tertiary/aromatic N) is 4. The number of fused-ring (bicyclic) bond motifs is 1. The van der Waals surface area contributed by atoms with E-state index in [0.717, 1.165) is 11.8 Å². The standard InChI is InChI=1S/C20H20ClFN4O3S/c1-30(28,29)20-23-18(17-4-2-3-7-26(17)20)19(27)25-10-8-24(9-11-25)13-14-5-6-15(22)12-16(14)21/h2-7,12H,8-11,13H2,1H3. The molecule has 1 amide bonds. The molecule has 30 heavy (non-hydrogen) atoms. The predicted octanol–water partition coefficient (Wildman–Crippen LogP) is 2.49. The molecule has 158 valence electrons. The Morgan fingerprint density at radius 3 is 2.57 bits per heavy atom. The number of imidazole rings is 1. The Morgan fingerprint density at radius 1 is 1.17 bits per heavy atom. The van der Waals surface area contributed by atoms with Crippen molar-refractivity contribution in [1.29, 1.82) is 0 Å². The Bertz CT molecular complexity index is 1220. The smallest absolute Gasteiger partial charge is 0.274 e. The molecule has 2 aromatic heterocycles. The second-order valence-electron chi connectivity index (χ2n) is 7.28. The quantitative estimate of drug-likeness (QED) is 0.610. The molecule has 7 nitrogen and oxygen atoms in total. The summed E-state index contributed by atoms with van der Waals surface area (Å²) < 4.78 is 38.8. The maximum absolute atomic E-state index is 13.2. The van der Waals surface area contributed by atoms with Crippen LogP contribution in [-0.2, 0) is 16.4 Å². The molecule has 4 rings (SSSR count). The maximum atomic E-state index is 13.2. The molecule has 0 spiro atoms. The van der Waals surface area contributed by atoms with E-state index < -0.39 is 9.84 Å². The lowest BCUT2D eigenvalue weighted by Crippen LogP contribution is -2.48. The molecule has 0 atom stereocenters. The van der Waals surface area contributed by atoms with Crippen LogP contribution in [-0.4, -0.2) is 65.9 Å². The summed E-state index contributed by atoms with van der Waals surface area (Å²) in [5, 5.41) is 0.234. The number of pyridine rings is 1. The molecule has 0 unspecified atom stereocenters. The number of hydrogen-bond donors (Lipinski definition) is 0. The van der Waals surface area contributed by atoms with Gasteiger partial charge in [-0.25, -0.2) is 17.8 Å². The minimum Gasteiger partial charge on any atom is -0.335 e. The van der Waals surface area contributed by atoms with Gasteiger partial charge in [0.1, 0.15) is 5.82 Å². The third-order valence-corrected chi connectivity index (χ3v) is 6.42. The number of rotatable bonds is 4. The lowest BCUT2D eigenvalue weighted by molar-refractivity contribution is 0.0625. The van der Waals surface area contributed by atoms with Gasteiger partial charge in [0.15, 0.2) is 5.69 Å². The zero-order valence-corrected chi connectivity index (χ0v) is 17.8. The van der Waals surface area contributed by atoms with Crippen LogP contribution in [0.4, 0.5) is 4.39 Å². The summed E-state index contributed by atoms with van der Waals surface area (Å²) in [4.78, 5) is 21.0. The first-order valence-electron chi connectivity index (χ1n) is 9.37. The van der Waals surface area contributed by atoms with E-state index in [4.69, 9.17) is 11.6 Å². The first-order valence-corrected chi connectivity index (χ1v) is 11.6. The number of carbonyl (C=O) groups is 1. The van der Waals surface area contributed by atoms with Crippen molar-refractivity contribution in [3.05, 3.63) is 64.7 Å². The molecular formula is C20H20ClFN4O3S. The van der Waals surface area contributed by atoms with Gasteiger partial charge >= 0.3 is 0 Å². The number of aromatic nitrogens is 2. The van der Waals surface area contributed by atoms with Crippen molar-refractivity contribution in [3.8, 4) is 0 Å². The van der Waals surface area contributed by atoms with Crippen LogP contribution in [0.15, 0.2) is 47.8 Å². The first kappa shape index (κ1) is 20.8. The van der Waals surface area contributed by atoms with Crippen LogP contribution in [0.2, 0.25) is 5.02 Å². The van der Waals surface area contributed by atoms with E-state index in [1.807, 2.05) is 0 Å². The molecule has 3 heterocycles. The van der Waals surface area contributed by atoms with Gasteiger partial charge in [0.05, 0.1) is 5.52 Å². The second kappa shape index (κ2) is 7.98. The third kappa shape index (κ3) is 4.05. The van der Waals surface area contributed by atoms with E-state index in [2.05, 4.69) is 9.88 Å². The van der Waals surface area contributed by atoms with Crippen molar-refractivity contribution in [2.24, 2.45) is 0 Å². The Balaban J connectivity index is 1.50. The Morgan fingerprint density at radius 2 is 1.90 bits per heavy atom. The van der Waals surface area contributed by atoms with Gasteiger partial charge in [-0.15, -0.1) is 0 Å². The van der Waals surface area contributed by atoms with Crippen LogP contribution < -0.4 is 0 Å². The molecule has 0 saturated carbocycles. The molecule has 0 N–H and O–H groups in total. The van der Waals surface area contributed by atoms with Gasteiger partial charge in [-0.2, -0.15) is 0 Å². The minimum atomic E-state index is -3.59. The molecule has 0 radical (unpaired) electrons. The van der Waals surface area contributed by atoms with E-state index >= 15 is 0 Å². The number of carbonyl (C=O) groups excluding carboxylic acids is 1. The van der Waals surface area contributed by atoms with Gasteiger partial charge in [-0.3, -0.25) is 14.1 Å². The molecule has 0 aliphatic carbocycles. The third-order valence-electron chi connectivity index (χ3n) is 5.12. The normalized spacial score (nSPS) is 15.6. The summed E-state index contributed by atoms with van der Waals surface area (Å²) in [7, 11) is -3.59. The molecule has 1 aliphatic heterocycles. The van der Waals surface area contributed by atoms with E-state index in [0.29, 0.717) is 43.3 Å². The Kier molecular flexibility index (Phi) is 5.52. The zero-order valence-electron chi connectivity index (χ0n) is 16.3. The summed E-state index contributed by atoms with van der Waals surface area (Å²) in [5.41, 5.74) is 1.42. The molecular weight excluding hydrogens is 431 g/mol. The molecule has 3 aromatic rings. The SMILES string of the molecule is CS(=O)(=O)c1nc(C(=O)N2CCN(Cc3ccc(F)cc3Cl)CC2)c2ccccn12. The minimum absolute atomic E-state index is 0.131. The predicted molar refractivity (Wildman–Crippen MR) is 111 cm³/mol. The largest absolute Gasteiger partial charge is 0.335 e. The number of hydrogen-bond acceptors (Lipinski definition) is 5. The van der Waals surface area contributed by atoms with Crippen LogP contribution >= 0.6 is 11.6 Å². The lowest BCUT2D eigenvalue weighted by Gasteiger charge is -2.34. The van der Waals surface area contributed by atoms with Crippen LogP contribution in [0.1, 0.15) is 16.1 Å². The average Bonchev–Trinajstić information content (AvgIpc) is 3.10. The fourth-order valence-electron chi connectivity index (χ4n) is 3.58. The topological polar surface area (TPSA) is 75.0 Å². The highest BCUT2D eigenvalue weighted by Crippen LogP contribution is 2.22. The Hall–Kier alpha value is -2.49. The summed E-state index contributed by atoms with van der Waals surface area (Å²) >= 11 is 6.11. The van der Waals surface area contributed by atoms with Gasteiger partial charge in [0.2, 0.25) is 15.0 Å². The van der Waals surface area contributed by atoms with Crippen molar-refractivity contribution in [3.63, 3.8) is 0 Å². The fraction of sp³-hybridized carbons (Fsp3) is 0.300. The number of halogens is 2. The number of sulfone groups is 1. The lowest BCUT2D eigenvalue weighted by atomic mass is 10.2. The summed E-state index contributed by atoms with van der Waals surface area (Å²) in [5.74, 6) is -0.673. The van der Waals surface area contributed by atoms with Crippen molar-refractivity contribution >= 4 is 32.9 Å². The van der Waals surface area contributed by atoms with Gasteiger partial charge in [0.25, 0.3) is 5.91 Å². The highest BCUT2D eigenvalue weighted by atomic mass is 35.5. The molecule has 1 aromatic carbocycles. The number of amides is 1. The second-order valence-corrected chi connectivity index (χ2v) is 9.59. The monoisotopic (exact) mass is 450 g/mol. The summed E-state index contributed by atoms with van der Waals surface area (Å²) in [6.45, 7) is 2.73. The van der Waals surface area contributed by atoms with Crippen LogP contribution in [0.25, 0.3) is 5.52 Å². The average molecular weight is 451 g/mol. The summed E-state index contributed by atoms with van der Waals surface area (Å²) in [6.07, 6.45) is 2.66. The van der Waals surface area contributed by atoms with Crippen molar-refractivity contribution in [2.75, 3.05) is 32.4 Å². The van der Waals surface area contributed by atoms with Gasteiger partial charge in [-0.05, 0) is 29.8 Å². The van der Waals surface area contributed by atoms with Crippen molar-refractivity contribution in [2.45, 2.75) is 11.7 Å². The number of piperazine rings is 1.